The summed E-state index contributed by atoms with van der Waals surface area (Å²) < 4.78 is 5.55. The van der Waals surface area contributed by atoms with Crippen LogP contribution in [0.1, 0.15) is 47.6 Å². The minimum Gasteiger partial charge on any atom is -0.481 e. The van der Waals surface area contributed by atoms with Crippen molar-refractivity contribution in [1.29, 1.82) is 0 Å². The first-order valence-corrected chi connectivity index (χ1v) is 14.8. The van der Waals surface area contributed by atoms with Crippen LogP contribution < -0.4 is 16.0 Å². The van der Waals surface area contributed by atoms with Crippen LogP contribution in [0.4, 0.5) is 4.79 Å². The van der Waals surface area contributed by atoms with E-state index in [2.05, 4.69) is 16.0 Å². The molecule has 3 amide bonds. The highest BCUT2D eigenvalue weighted by Crippen LogP contribution is 2.44. The third-order valence-corrected chi connectivity index (χ3v) is 7.90. The van der Waals surface area contributed by atoms with Crippen molar-refractivity contribution in [2.75, 3.05) is 6.61 Å². The topological polar surface area (TPSA) is 134 Å². The van der Waals surface area contributed by atoms with Crippen LogP contribution in [0.15, 0.2) is 109 Å². The molecule has 0 radical (unpaired) electrons. The summed E-state index contributed by atoms with van der Waals surface area (Å²) >= 11 is 0. The molecule has 1 aliphatic rings. The first-order chi connectivity index (χ1) is 21.8. The number of hydrogen-bond acceptors (Lipinski definition) is 5. The fraction of sp³-hybridized carbons (Fsp3) is 0.222. The van der Waals surface area contributed by atoms with E-state index in [1.165, 1.54) is 0 Å². The number of carboxylic acid groups (broad SMARTS) is 1. The van der Waals surface area contributed by atoms with Gasteiger partial charge >= 0.3 is 12.1 Å². The lowest BCUT2D eigenvalue weighted by Gasteiger charge is -2.24. The van der Waals surface area contributed by atoms with Crippen LogP contribution >= 0.6 is 0 Å². The first-order valence-electron chi connectivity index (χ1n) is 14.8. The summed E-state index contributed by atoms with van der Waals surface area (Å²) in [5.74, 6) is -2.76. The Morgan fingerprint density at radius 1 is 0.689 bits per heavy atom. The van der Waals surface area contributed by atoms with Crippen molar-refractivity contribution >= 4 is 23.9 Å². The number of rotatable bonds is 12. The summed E-state index contributed by atoms with van der Waals surface area (Å²) in [5, 5.41) is 17.5. The van der Waals surface area contributed by atoms with Crippen LogP contribution in [0.5, 0.6) is 0 Å². The maximum atomic E-state index is 13.4. The summed E-state index contributed by atoms with van der Waals surface area (Å²) in [4.78, 5) is 51.5. The monoisotopic (exact) mass is 605 g/mol. The number of carboxylic acids is 1. The zero-order valence-electron chi connectivity index (χ0n) is 24.8. The molecule has 9 nitrogen and oxygen atoms in total. The maximum absolute atomic E-state index is 13.4. The van der Waals surface area contributed by atoms with Gasteiger partial charge in [0.25, 0.3) is 0 Å². The number of amides is 3. The summed E-state index contributed by atoms with van der Waals surface area (Å²) in [6, 6.07) is 31.4. The first kappa shape index (κ1) is 31.0. The Balaban J connectivity index is 1.27. The standard InChI is InChI=1S/C36H35N3O6/c1-23(25-14-6-3-7-15-25)37-34(42)31(20-24-12-4-2-5-13-24)38-35(43)32(21-33(40)41)39-36(44)45-22-30-28-18-10-8-16-26(28)27-17-9-11-19-29(27)30/h2-19,23,30-32H,20-22H2,1H3,(H,37,42)(H,38,43)(H,39,44)(H,40,41)/t23?,31-,32-/m0/s1. The molecule has 0 aromatic heterocycles. The number of alkyl carbamates (subject to hydrolysis) is 1. The second kappa shape index (κ2) is 14.4. The van der Waals surface area contributed by atoms with E-state index in [4.69, 9.17) is 4.74 Å². The lowest BCUT2D eigenvalue weighted by Crippen LogP contribution is -2.55. The van der Waals surface area contributed by atoms with Crippen LogP contribution in [0, 0.1) is 0 Å². The van der Waals surface area contributed by atoms with Gasteiger partial charge in [0, 0.05) is 12.3 Å². The van der Waals surface area contributed by atoms with E-state index in [1.54, 1.807) is 0 Å². The lowest BCUT2D eigenvalue weighted by molar-refractivity contribution is -0.140. The molecule has 1 aliphatic carbocycles. The molecular weight excluding hydrogens is 570 g/mol. The smallest absolute Gasteiger partial charge is 0.407 e. The molecule has 9 heteroatoms. The number of aliphatic carboxylic acids is 1. The summed E-state index contributed by atoms with van der Waals surface area (Å²) in [5.41, 5.74) is 5.85. The van der Waals surface area contributed by atoms with Gasteiger partial charge in [-0.3, -0.25) is 14.4 Å². The van der Waals surface area contributed by atoms with Gasteiger partial charge < -0.3 is 25.8 Å². The van der Waals surface area contributed by atoms with Gasteiger partial charge in [-0.2, -0.15) is 0 Å². The Kier molecular flexibility index (Phi) is 9.89. The second-order valence-electron chi connectivity index (χ2n) is 11.0. The number of nitrogens with one attached hydrogen (secondary N) is 3. The van der Waals surface area contributed by atoms with Crippen LogP contribution in [0.25, 0.3) is 11.1 Å². The quantitative estimate of drug-likeness (QED) is 0.180. The Morgan fingerprint density at radius 2 is 1.22 bits per heavy atom. The predicted molar refractivity (Wildman–Crippen MR) is 169 cm³/mol. The molecule has 0 spiro atoms. The Morgan fingerprint density at radius 3 is 1.82 bits per heavy atom. The summed E-state index contributed by atoms with van der Waals surface area (Å²) in [6.07, 6.45) is -1.47. The Labute approximate surface area is 261 Å². The highest BCUT2D eigenvalue weighted by molar-refractivity contribution is 5.93. The van der Waals surface area contributed by atoms with Crippen molar-refractivity contribution in [3.8, 4) is 11.1 Å². The number of benzene rings is 4. The van der Waals surface area contributed by atoms with E-state index >= 15 is 0 Å². The number of hydrogen-bond donors (Lipinski definition) is 4. The molecule has 0 saturated heterocycles. The summed E-state index contributed by atoms with van der Waals surface area (Å²) in [6.45, 7) is 1.83. The van der Waals surface area contributed by atoms with E-state index in [-0.39, 0.29) is 25.0 Å². The predicted octanol–water partition coefficient (Wildman–Crippen LogP) is 4.97. The molecule has 4 aromatic rings. The Hall–Kier alpha value is -5.44. The van der Waals surface area contributed by atoms with Gasteiger partial charge in [0.05, 0.1) is 12.5 Å². The van der Waals surface area contributed by atoms with Crippen LogP contribution in [0.2, 0.25) is 0 Å². The molecule has 5 rings (SSSR count). The van der Waals surface area contributed by atoms with E-state index in [0.717, 1.165) is 33.4 Å². The molecule has 3 atom stereocenters. The summed E-state index contributed by atoms with van der Waals surface area (Å²) in [7, 11) is 0. The van der Waals surface area contributed by atoms with Crippen molar-refractivity contribution in [2.45, 2.75) is 43.8 Å². The molecule has 0 heterocycles. The van der Waals surface area contributed by atoms with Gasteiger partial charge in [-0.25, -0.2) is 4.79 Å². The SMILES string of the molecule is CC(NC(=O)[C@H](Cc1ccccc1)NC(=O)[C@H](CC(=O)O)NC(=O)OCC1c2ccccc2-c2ccccc21)c1ccccc1. The third-order valence-electron chi connectivity index (χ3n) is 7.90. The van der Waals surface area contributed by atoms with Crippen LogP contribution in [-0.2, 0) is 25.5 Å². The average Bonchev–Trinajstić information content (AvgIpc) is 3.37. The van der Waals surface area contributed by atoms with Crippen molar-refractivity contribution in [1.82, 2.24) is 16.0 Å². The van der Waals surface area contributed by atoms with Gasteiger partial charge in [0.2, 0.25) is 11.8 Å². The lowest BCUT2D eigenvalue weighted by atomic mass is 9.98. The minimum absolute atomic E-state index is 0.00230. The van der Waals surface area contributed by atoms with Crippen molar-refractivity contribution < 1.29 is 29.0 Å². The van der Waals surface area contributed by atoms with E-state index in [0.29, 0.717) is 0 Å². The number of carbonyl (C=O) groups is 4. The van der Waals surface area contributed by atoms with Crippen molar-refractivity contribution in [3.63, 3.8) is 0 Å². The molecule has 4 N–H and O–H groups in total. The van der Waals surface area contributed by atoms with E-state index < -0.39 is 42.4 Å². The molecule has 4 aromatic carbocycles. The molecule has 0 aliphatic heterocycles. The molecular formula is C36H35N3O6. The normalized spacial score (nSPS) is 13.8. The van der Waals surface area contributed by atoms with Crippen molar-refractivity contribution in [2.24, 2.45) is 0 Å². The van der Waals surface area contributed by atoms with E-state index in [1.807, 2.05) is 116 Å². The van der Waals surface area contributed by atoms with Gasteiger partial charge in [0.1, 0.15) is 18.7 Å². The van der Waals surface area contributed by atoms with Gasteiger partial charge in [-0.15, -0.1) is 0 Å². The minimum atomic E-state index is -1.48. The third kappa shape index (κ3) is 7.75. The van der Waals surface area contributed by atoms with Gasteiger partial charge in [-0.1, -0.05) is 109 Å². The van der Waals surface area contributed by atoms with Crippen LogP contribution in [0.3, 0.4) is 0 Å². The molecule has 1 unspecified atom stereocenters. The zero-order valence-corrected chi connectivity index (χ0v) is 24.8. The maximum Gasteiger partial charge on any atom is 0.407 e. The largest absolute Gasteiger partial charge is 0.481 e. The fourth-order valence-corrected chi connectivity index (χ4v) is 5.64. The molecule has 45 heavy (non-hydrogen) atoms. The molecule has 0 fully saturated rings. The molecule has 230 valence electrons. The molecule has 0 bridgehead atoms. The number of ether oxygens (including phenoxy) is 1. The highest BCUT2D eigenvalue weighted by Gasteiger charge is 2.32. The van der Waals surface area contributed by atoms with Gasteiger partial charge in [-0.05, 0) is 40.3 Å². The number of carbonyl (C=O) groups excluding carboxylic acids is 3. The fourth-order valence-electron chi connectivity index (χ4n) is 5.64. The zero-order chi connectivity index (χ0) is 31.8. The molecule has 0 saturated carbocycles. The highest BCUT2D eigenvalue weighted by atomic mass is 16.5. The second-order valence-corrected chi connectivity index (χ2v) is 11.0. The Bertz CT molecular complexity index is 1610. The van der Waals surface area contributed by atoms with Gasteiger partial charge in [0.15, 0.2) is 0 Å². The average molecular weight is 606 g/mol. The van der Waals surface area contributed by atoms with Crippen molar-refractivity contribution in [3.05, 3.63) is 131 Å². The number of fused-ring (bicyclic) bond motifs is 3. The van der Waals surface area contributed by atoms with E-state index in [9.17, 15) is 24.3 Å². The van der Waals surface area contributed by atoms with Crippen LogP contribution in [-0.4, -0.2) is 47.7 Å².